The zero-order chi connectivity index (χ0) is 10.8. The Morgan fingerprint density at radius 2 is 1.67 bits per heavy atom. The van der Waals surface area contributed by atoms with Gasteiger partial charge in [0.25, 0.3) is 11.8 Å². The molecule has 2 aliphatic rings. The molecular weight excluding hydrogens is 192 g/mol. The first kappa shape index (κ1) is 10.4. The van der Waals surface area contributed by atoms with Gasteiger partial charge in [-0.3, -0.25) is 14.5 Å². The first-order chi connectivity index (χ1) is 7.22. The van der Waals surface area contributed by atoms with E-state index in [4.69, 9.17) is 5.73 Å². The van der Waals surface area contributed by atoms with Crippen molar-refractivity contribution in [2.75, 3.05) is 6.54 Å². The number of rotatable bonds is 2. The number of hydrogen-bond donors (Lipinski definition) is 1. The van der Waals surface area contributed by atoms with Crippen LogP contribution in [0.5, 0.6) is 0 Å². The lowest BCUT2D eigenvalue weighted by Crippen LogP contribution is -2.42. The minimum Gasteiger partial charge on any atom is -0.330 e. The molecule has 1 heterocycles. The highest BCUT2D eigenvalue weighted by Crippen LogP contribution is 2.28. The lowest BCUT2D eigenvalue weighted by Gasteiger charge is -2.32. The van der Waals surface area contributed by atoms with Crippen LogP contribution in [0.1, 0.15) is 25.7 Å². The summed E-state index contributed by atoms with van der Waals surface area (Å²) in [5, 5.41) is 0. The highest BCUT2D eigenvalue weighted by molar-refractivity contribution is 6.13. The van der Waals surface area contributed by atoms with Crippen LogP contribution >= 0.6 is 0 Å². The van der Waals surface area contributed by atoms with Gasteiger partial charge in [0.2, 0.25) is 0 Å². The fourth-order valence-corrected chi connectivity index (χ4v) is 2.41. The third-order valence-corrected chi connectivity index (χ3v) is 3.36. The highest BCUT2D eigenvalue weighted by atomic mass is 16.2. The molecule has 1 fully saturated rings. The third kappa shape index (κ3) is 1.95. The number of nitrogens with two attached hydrogens (primary N) is 1. The van der Waals surface area contributed by atoms with Crippen molar-refractivity contribution in [3.05, 3.63) is 12.2 Å². The molecule has 0 aromatic carbocycles. The first-order valence-electron chi connectivity index (χ1n) is 5.47. The summed E-state index contributed by atoms with van der Waals surface area (Å²) in [5.41, 5.74) is 5.60. The summed E-state index contributed by atoms with van der Waals surface area (Å²) in [5.74, 6) is 0.259. The Morgan fingerprint density at radius 3 is 2.13 bits per heavy atom. The Balaban J connectivity index is 1.96. The molecule has 2 amide bonds. The minimum atomic E-state index is -0.156. The van der Waals surface area contributed by atoms with Crippen molar-refractivity contribution in [1.82, 2.24) is 4.90 Å². The maximum absolute atomic E-state index is 11.4. The molecule has 4 nitrogen and oxygen atoms in total. The standard InChI is InChI=1S/C11H16N2O2/c12-7-8-1-3-9(4-2-8)13-10(14)5-6-11(13)15/h5-6,8-9H,1-4,7,12H2. The summed E-state index contributed by atoms with van der Waals surface area (Å²) < 4.78 is 0. The first-order valence-corrected chi connectivity index (χ1v) is 5.47. The Kier molecular flexibility index (Phi) is 2.86. The molecule has 0 radical (unpaired) electrons. The number of nitrogens with zero attached hydrogens (tertiary/aromatic N) is 1. The van der Waals surface area contributed by atoms with E-state index >= 15 is 0 Å². The monoisotopic (exact) mass is 208 g/mol. The van der Waals surface area contributed by atoms with Crippen molar-refractivity contribution < 1.29 is 9.59 Å². The molecule has 1 aliphatic heterocycles. The Labute approximate surface area is 89.1 Å². The molecule has 1 saturated carbocycles. The SMILES string of the molecule is NCC1CCC(N2C(=O)C=CC2=O)CC1. The molecule has 2 rings (SSSR count). The molecule has 0 aromatic rings. The topological polar surface area (TPSA) is 63.4 Å². The van der Waals surface area contributed by atoms with Crippen LogP contribution in [-0.2, 0) is 9.59 Å². The van der Waals surface area contributed by atoms with Crippen LogP contribution in [-0.4, -0.2) is 29.3 Å². The smallest absolute Gasteiger partial charge is 0.253 e. The van der Waals surface area contributed by atoms with E-state index in [2.05, 4.69) is 0 Å². The number of carbonyl (C=O) groups excluding carboxylic acids is 2. The number of hydrogen-bond acceptors (Lipinski definition) is 3. The van der Waals surface area contributed by atoms with Gasteiger partial charge in [-0.1, -0.05) is 0 Å². The zero-order valence-corrected chi connectivity index (χ0v) is 8.69. The average Bonchev–Trinajstić information content (AvgIpc) is 2.59. The molecule has 0 unspecified atom stereocenters. The van der Waals surface area contributed by atoms with Gasteiger partial charge < -0.3 is 5.73 Å². The van der Waals surface area contributed by atoms with E-state index in [0.29, 0.717) is 12.5 Å². The molecule has 4 heteroatoms. The molecular formula is C11H16N2O2. The summed E-state index contributed by atoms with van der Waals surface area (Å²) in [6.45, 7) is 0.715. The van der Waals surface area contributed by atoms with Crippen LogP contribution in [0, 0.1) is 5.92 Å². The normalized spacial score (nSPS) is 31.4. The van der Waals surface area contributed by atoms with E-state index in [9.17, 15) is 9.59 Å². The van der Waals surface area contributed by atoms with Gasteiger partial charge in [0.15, 0.2) is 0 Å². The van der Waals surface area contributed by atoms with E-state index in [0.717, 1.165) is 25.7 Å². The van der Waals surface area contributed by atoms with Gasteiger partial charge in [0, 0.05) is 18.2 Å². The molecule has 2 N–H and O–H groups in total. The van der Waals surface area contributed by atoms with E-state index < -0.39 is 0 Å². The lowest BCUT2D eigenvalue weighted by atomic mass is 9.85. The molecule has 0 aromatic heterocycles. The summed E-state index contributed by atoms with van der Waals surface area (Å²) in [6, 6.07) is 0.0998. The fourth-order valence-electron chi connectivity index (χ4n) is 2.41. The van der Waals surface area contributed by atoms with Crippen LogP contribution in [0.3, 0.4) is 0 Å². The quantitative estimate of drug-likeness (QED) is 0.669. The second-order valence-electron chi connectivity index (χ2n) is 4.29. The summed E-state index contributed by atoms with van der Waals surface area (Å²) in [4.78, 5) is 24.3. The summed E-state index contributed by atoms with van der Waals surface area (Å²) in [6.07, 6.45) is 6.58. The van der Waals surface area contributed by atoms with Crippen molar-refractivity contribution in [1.29, 1.82) is 0 Å². The predicted molar refractivity (Wildman–Crippen MR) is 55.8 cm³/mol. The van der Waals surface area contributed by atoms with Crippen LogP contribution in [0.4, 0.5) is 0 Å². The van der Waals surface area contributed by atoms with Crippen molar-refractivity contribution >= 4 is 11.8 Å². The van der Waals surface area contributed by atoms with Gasteiger partial charge in [0.05, 0.1) is 0 Å². The number of amides is 2. The van der Waals surface area contributed by atoms with Gasteiger partial charge in [-0.25, -0.2) is 0 Å². The van der Waals surface area contributed by atoms with E-state index in [1.165, 1.54) is 17.1 Å². The Bertz CT molecular complexity index is 286. The largest absolute Gasteiger partial charge is 0.330 e. The molecule has 1 aliphatic carbocycles. The van der Waals surface area contributed by atoms with Crippen LogP contribution in [0.25, 0.3) is 0 Å². The second-order valence-corrected chi connectivity index (χ2v) is 4.29. The minimum absolute atomic E-state index is 0.0998. The van der Waals surface area contributed by atoms with Gasteiger partial charge in [-0.2, -0.15) is 0 Å². The summed E-state index contributed by atoms with van der Waals surface area (Å²) in [7, 11) is 0. The van der Waals surface area contributed by atoms with Crippen molar-refractivity contribution in [3.8, 4) is 0 Å². The van der Waals surface area contributed by atoms with Crippen molar-refractivity contribution in [3.63, 3.8) is 0 Å². The van der Waals surface area contributed by atoms with Crippen LogP contribution in [0.15, 0.2) is 12.2 Å². The van der Waals surface area contributed by atoms with Crippen LogP contribution < -0.4 is 5.73 Å². The van der Waals surface area contributed by atoms with Gasteiger partial charge in [-0.15, -0.1) is 0 Å². The van der Waals surface area contributed by atoms with Crippen molar-refractivity contribution in [2.24, 2.45) is 11.7 Å². The van der Waals surface area contributed by atoms with Crippen LogP contribution in [0.2, 0.25) is 0 Å². The molecule has 0 spiro atoms. The third-order valence-electron chi connectivity index (χ3n) is 3.36. The molecule has 0 bridgehead atoms. The molecule has 0 saturated heterocycles. The Morgan fingerprint density at radius 1 is 1.13 bits per heavy atom. The maximum atomic E-state index is 11.4. The fraction of sp³-hybridized carbons (Fsp3) is 0.636. The van der Waals surface area contributed by atoms with E-state index in [-0.39, 0.29) is 17.9 Å². The molecule has 15 heavy (non-hydrogen) atoms. The highest BCUT2D eigenvalue weighted by Gasteiger charge is 2.33. The number of carbonyl (C=O) groups is 2. The van der Waals surface area contributed by atoms with Gasteiger partial charge >= 0.3 is 0 Å². The second kappa shape index (κ2) is 4.14. The molecule has 82 valence electrons. The lowest BCUT2D eigenvalue weighted by molar-refractivity contribution is -0.140. The molecule has 0 atom stereocenters. The average molecular weight is 208 g/mol. The van der Waals surface area contributed by atoms with E-state index in [1.807, 2.05) is 0 Å². The van der Waals surface area contributed by atoms with E-state index in [1.54, 1.807) is 0 Å². The predicted octanol–water partition coefficient (Wildman–Crippen LogP) is 0.429. The Hall–Kier alpha value is -1.16. The van der Waals surface area contributed by atoms with Gasteiger partial charge in [-0.05, 0) is 38.1 Å². The number of imide groups is 1. The van der Waals surface area contributed by atoms with Gasteiger partial charge in [0.1, 0.15) is 0 Å². The van der Waals surface area contributed by atoms with Crippen molar-refractivity contribution in [2.45, 2.75) is 31.7 Å². The summed E-state index contributed by atoms with van der Waals surface area (Å²) >= 11 is 0. The zero-order valence-electron chi connectivity index (χ0n) is 8.69. The maximum Gasteiger partial charge on any atom is 0.253 e.